The molecule has 3 aromatic carbocycles. The Labute approximate surface area is 231 Å². The maximum Gasteiger partial charge on any atom is 0.337 e. The van der Waals surface area contributed by atoms with Gasteiger partial charge in [-0.1, -0.05) is 79.8 Å². The van der Waals surface area contributed by atoms with Crippen LogP contribution in [0.4, 0.5) is 0 Å². The summed E-state index contributed by atoms with van der Waals surface area (Å²) in [6.07, 6.45) is 0. The number of benzene rings is 4. The van der Waals surface area contributed by atoms with E-state index in [1.807, 2.05) is 0 Å². The van der Waals surface area contributed by atoms with E-state index in [2.05, 4.69) is 0 Å². The van der Waals surface area contributed by atoms with Gasteiger partial charge in [0.1, 0.15) is 17.1 Å². The van der Waals surface area contributed by atoms with E-state index in [0.717, 1.165) is 0 Å². The van der Waals surface area contributed by atoms with Gasteiger partial charge in [0.2, 0.25) is 0 Å². The summed E-state index contributed by atoms with van der Waals surface area (Å²) in [6.45, 7) is 5.13. The quantitative estimate of drug-likeness (QED) is 0.129. The fraction of sp³-hybridized carbons (Fsp3) is 0.138. The smallest absolute Gasteiger partial charge is 0.337 e. The Morgan fingerprint density at radius 1 is 0.842 bits per heavy atom. The fourth-order valence-corrected chi connectivity index (χ4v) is 5.41. The van der Waals surface area contributed by atoms with Crippen molar-refractivity contribution in [2.24, 2.45) is 5.41 Å². The van der Waals surface area contributed by atoms with Gasteiger partial charge < -0.3 is 14.6 Å². The van der Waals surface area contributed by atoms with Crippen molar-refractivity contribution in [2.45, 2.75) is 20.8 Å². The van der Waals surface area contributed by atoms with Gasteiger partial charge in [-0.05, 0) is 17.5 Å². The maximum atomic E-state index is 13.4. The molecular formula is C29H19Cl3O6. The van der Waals surface area contributed by atoms with Crippen LogP contribution in [0, 0.1) is 5.41 Å². The molecule has 0 radical (unpaired) electrons. The van der Waals surface area contributed by atoms with Gasteiger partial charge in [0.25, 0.3) is 0 Å². The fourth-order valence-electron chi connectivity index (χ4n) is 4.63. The topological polar surface area (TPSA) is 105 Å². The molecule has 3 aromatic rings. The van der Waals surface area contributed by atoms with Gasteiger partial charge >= 0.3 is 5.97 Å². The molecule has 1 heterocycles. The summed E-state index contributed by atoms with van der Waals surface area (Å²) in [7, 11) is 0. The highest BCUT2D eigenvalue weighted by atomic mass is 35.5. The first-order chi connectivity index (χ1) is 17.8. The lowest BCUT2D eigenvalue weighted by Gasteiger charge is -2.23. The lowest BCUT2D eigenvalue weighted by Crippen LogP contribution is -2.21. The summed E-state index contributed by atoms with van der Waals surface area (Å²) in [4.78, 5) is 38.9. The van der Waals surface area contributed by atoms with Crippen LogP contribution >= 0.6 is 34.8 Å². The van der Waals surface area contributed by atoms with E-state index >= 15 is 0 Å². The van der Waals surface area contributed by atoms with Crippen molar-refractivity contribution in [1.29, 1.82) is 0 Å². The number of phenolic OH excluding ortho intramolecular Hbond substituents is 1. The van der Waals surface area contributed by atoms with Crippen molar-refractivity contribution in [2.75, 3.05) is 0 Å². The molecule has 0 saturated carbocycles. The first-order valence-corrected chi connectivity index (χ1v) is 12.6. The molecule has 0 fully saturated rings. The van der Waals surface area contributed by atoms with Crippen LogP contribution in [0.1, 0.15) is 41.5 Å². The molecule has 0 atom stereocenters. The maximum absolute atomic E-state index is 13.4. The molecule has 0 aromatic heterocycles. The zero-order chi connectivity index (χ0) is 27.7. The number of fused-ring (bicyclic) bond motifs is 4. The first kappa shape index (κ1) is 26.0. The normalized spacial score (nSPS) is 11.9. The lowest BCUT2D eigenvalue weighted by molar-refractivity contribution is 0.0697. The van der Waals surface area contributed by atoms with Crippen molar-refractivity contribution in [3.63, 3.8) is 0 Å². The summed E-state index contributed by atoms with van der Waals surface area (Å²) >= 11 is 19.7. The van der Waals surface area contributed by atoms with Crippen LogP contribution in [0.15, 0.2) is 57.7 Å². The molecule has 0 saturated heterocycles. The van der Waals surface area contributed by atoms with E-state index in [9.17, 15) is 24.6 Å². The number of carboxylic acid groups (broad SMARTS) is 1. The number of carbonyl (C=O) groups is 2. The van der Waals surface area contributed by atoms with Crippen molar-refractivity contribution in [3.8, 4) is 28.2 Å². The minimum Gasteiger partial charge on any atom is -0.506 e. The van der Waals surface area contributed by atoms with Gasteiger partial charge in [0, 0.05) is 50.6 Å². The van der Waals surface area contributed by atoms with Crippen LogP contribution in [-0.2, 0) is 0 Å². The van der Waals surface area contributed by atoms with Gasteiger partial charge in [0.05, 0.1) is 20.6 Å². The number of phenols is 1. The van der Waals surface area contributed by atoms with E-state index in [1.54, 1.807) is 45.0 Å². The van der Waals surface area contributed by atoms with Gasteiger partial charge in [-0.15, -0.1) is 0 Å². The Balaban J connectivity index is 2.13. The highest BCUT2D eigenvalue weighted by Crippen LogP contribution is 2.50. The second-order valence-corrected chi connectivity index (χ2v) is 11.1. The number of carbonyl (C=O) groups excluding carboxylic acids is 1. The SMILES string of the molecule is CC(C)(C)C(=O)c1cc(Cl)c(C(=O)O)c(-c2c3c4ccccc4c(=O)cc-3oc3cc(O)c(Cl)cc23)c1Cl. The highest BCUT2D eigenvalue weighted by Gasteiger charge is 2.33. The average molecular weight is 570 g/mol. The molecule has 0 unspecified atom stereocenters. The number of ketones is 1. The third kappa shape index (κ3) is 4.00. The second kappa shape index (κ2) is 9.02. The molecule has 38 heavy (non-hydrogen) atoms. The molecule has 1 aliphatic heterocycles. The lowest BCUT2D eigenvalue weighted by atomic mass is 9.82. The van der Waals surface area contributed by atoms with E-state index in [4.69, 9.17) is 39.2 Å². The molecule has 6 nitrogen and oxygen atoms in total. The Kier molecular flexibility index (Phi) is 6.18. The molecule has 2 N–H and O–H groups in total. The van der Waals surface area contributed by atoms with Crippen LogP contribution < -0.4 is 5.43 Å². The van der Waals surface area contributed by atoms with Crippen LogP contribution in [0.5, 0.6) is 5.75 Å². The molecular weight excluding hydrogens is 551 g/mol. The van der Waals surface area contributed by atoms with Crippen LogP contribution in [0.2, 0.25) is 15.1 Å². The van der Waals surface area contributed by atoms with Crippen molar-refractivity contribution < 1.29 is 24.2 Å². The third-order valence-electron chi connectivity index (χ3n) is 6.36. The monoisotopic (exact) mass is 568 g/mol. The molecule has 2 aliphatic rings. The van der Waals surface area contributed by atoms with Gasteiger partial charge in [-0.3, -0.25) is 9.59 Å². The van der Waals surface area contributed by atoms with Crippen molar-refractivity contribution in [1.82, 2.24) is 0 Å². The minimum absolute atomic E-state index is 0.0286. The van der Waals surface area contributed by atoms with Gasteiger partial charge in [0.15, 0.2) is 11.2 Å². The molecule has 192 valence electrons. The predicted octanol–water partition coefficient (Wildman–Crippen LogP) is 8.31. The molecule has 5 rings (SSSR count). The molecule has 0 amide bonds. The first-order valence-electron chi connectivity index (χ1n) is 11.4. The van der Waals surface area contributed by atoms with E-state index < -0.39 is 11.4 Å². The molecule has 9 heteroatoms. The Hall–Kier alpha value is -3.58. The number of rotatable bonds is 3. The second-order valence-electron chi connectivity index (χ2n) is 9.92. The summed E-state index contributed by atoms with van der Waals surface area (Å²) in [5.41, 5.74) is -0.779. The van der Waals surface area contributed by atoms with Crippen LogP contribution in [0.25, 0.3) is 44.2 Å². The van der Waals surface area contributed by atoms with E-state index in [-0.39, 0.29) is 65.6 Å². The zero-order valence-electron chi connectivity index (χ0n) is 20.3. The third-order valence-corrected chi connectivity index (χ3v) is 7.36. The number of carboxylic acids is 1. The molecule has 0 bridgehead atoms. The summed E-state index contributed by atoms with van der Waals surface area (Å²) in [5.74, 6) is -1.89. The zero-order valence-corrected chi connectivity index (χ0v) is 22.5. The summed E-state index contributed by atoms with van der Waals surface area (Å²) in [5, 5.41) is 21.3. The van der Waals surface area contributed by atoms with Crippen molar-refractivity contribution >= 4 is 68.3 Å². The Morgan fingerprint density at radius 3 is 2.13 bits per heavy atom. The number of halogens is 3. The van der Waals surface area contributed by atoms with E-state index in [1.165, 1.54) is 24.3 Å². The summed E-state index contributed by atoms with van der Waals surface area (Å²) < 4.78 is 6.03. The largest absolute Gasteiger partial charge is 0.506 e. The number of aromatic hydroxyl groups is 1. The van der Waals surface area contributed by atoms with Crippen LogP contribution in [0.3, 0.4) is 0 Å². The summed E-state index contributed by atoms with van der Waals surface area (Å²) in [6, 6.07) is 12.0. The number of hydrogen-bond acceptors (Lipinski definition) is 5. The van der Waals surface area contributed by atoms with Gasteiger partial charge in [-0.25, -0.2) is 4.79 Å². The Bertz CT molecular complexity index is 1860. The van der Waals surface area contributed by atoms with E-state index in [0.29, 0.717) is 21.7 Å². The molecule has 0 spiro atoms. The molecule has 1 aliphatic carbocycles. The van der Waals surface area contributed by atoms with Crippen LogP contribution in [-0.4, -0.2) is 22.0 Å². The Morgan fingerprint density at radius 2 is 1.50 bits per heavy atom. The standard InChI is InChI=1S/C29H19Cl3O6/c1-29(2,3)27(35)15-9-17(31)24(28(36)37)25(26(15)32)23-14-8-16(30)19(34)11-20(14)38-21-10-18(33)12-6-4-5-7-13(12)22(21)23/h4-11,34H,1-3H3,(H,36,37). The van der Waals surface area contributed by atoms with Gasteiger partial charge in [-0.2, -0.15) is 0 Å². The minimum atomic E-state index is -1.38. The predicted molar refractivity (Wildman–Crippen MR) is 149 cm³/mol. The highest BCUT2D eigenvalue weighted by molar-refractivity contribution is 6.42. The number of hydrogen-bond donors (Lipinski definition) is 2. The number of aromatic carboxylic acids is 1. The number of Topliss-reactive ketones (excluding diaryl/α,β-unsaturated/α-hetero) is 1. The average Bonchev–Trinajstić information content (AvgIpc) is 2.84. The van der Waals surface area contributed by atoms with Crippen molar-refractivity contribution in [3.05, 3.63) is 84.9 Å².